The SMILES string of the molecule is COc1ccc(/C=C2\N=C(SCC(=O)NCC3CCCO3)N(Cc3ccccc3)C2=O)cc1. The van der Waals surface area contributed by atoms with Gasteiger partial charge in [0.1, 0.15) is 11.4 Å². The third-order valence-electron chi connectivity index (χ3n) is 5.40. The maximum absolute atomic E-state index is 13.2. The fraction of sp³-hybridized carbons (Fsp3) is 0.320. The highest BCUT2D eigenvalue weighted by molar-refractivity contribution is 8.14. The molecule has 2 aromatic rings. The van der Waals surface area contributed by atoms with Crippen LogP contribution in [-0.4, -0.2) is 54.0 Å². The first-order valence-corrected chi connectivity index (χ1v) is 11.9. The van der Waals surface area contributed by atoms with E-state index in [1.807, 2.05) is 54.6 Å². The van der Waals surface area contributed by atoms with Gasteiger partial charge in [0.15, 0.2) is 5.17 Å². The second-order valence-electron chi connectivity index (χ2n) is 7.80. The van der Waals surface area contributed by atoms with Crippen LogP contribution in [0.1, 0.15) is 24.0 Å². The van der Waals surface area contributed by atoms with E-state index in [-0.39, 0.29) is 23.7 Å². The lowest BCUT2D eigenvalue weighted by Gasteiger charge is -2.18. The standard InChI is InChI=1S/C25H27N3O4S/c1-31-20-11-9-18(10-12-20)14-22-24(30)28(16-19-6-3-2-4-7-19)25(27-22)33-17-23(29)26-15-21-8-5-13-32-21/h2-4,6-7,9-12,14,21H,5,8,13,15-17H2,1H3,(H,26,29)/b22-14-. The summed E-state index contributed by atoms with van der Waals surface area (Å²) in [6.45, 7) is 1.66. The number of aliphatic imine (C=N–C) groups is 1. The van der Waals surface area contributed by atoms with Gasteiger partial charge in [-0.3, -0.25) is 14.5 Å². The number of amidine groups is 1. The average molecular weight is 466 g/mol. The van der Waals surface area contributed by atoms with Gasteiger partial charge < -0.3 is 14.8 Å². The first-order chi connectivity index (χ1) is 16.1. The molecule has 0 aliphatic carbocycles. The van der Waals surface area contributed by atoms with Gasteiger partial charge in [0.25, 0.3) is 5.91 Å². The normalized spacial score (nSPS) is 19.1. The minimum Gasteiger partial charge on any atom is -0.497 e. The van der Waals surface area contributed by atoms with E-state index in [1.165, 1.54) is 11.8 Å². The second-order valence-corrected chi connectivity index (χ2v) is 8.74. The number of methoxy groups -OCH3 is 1. The van der Waals surface area contributed by atoms with Gasteiger partial charge in [-0.05, 0) is 42.2 Å². The van der Waals surface area contributed by atoms with Gasteiger partial charge in [-0.15, -0.1) is 0 Å². The number of carbonyl (C=O) groups excluding carboxylic acids is 2. The number of rotatable bonds is 8. The van der Waals surface area contributed by atoms with E-state index >= 15 is 0 Å². The quantitative estimate of drug-likeness (QED) is 0.604. The van der Waals surface area contributed by atoms with Crippen molar-refractivity contribution in [2.45, 2.75) is 25.5 Å². The highest BCUT2D eigenvalue weighted by Gasteiger charge is 2.31. The average Bonchev–Trinajstić information content (AvgIpc) is 3.47. The molecule has 0 radical (unpaired) electrons. The summed E-state index contributed by atoms with van der Waals surface area (Å²) < 4.78 is 10.7. The van der Waals surface area contributed by atoms with Crippen molar-refractivity contribution in [1.29, 1.82) is 0 Å². The van der Waals surface area contributed by atoms with Crippen LogP contribution in [0.2, 0.25) is 0 Å². The van der Waals surface area contributed by atoms with E-state index in [0.29, 0.717) is 24.0 Å². The third-order valence-corrected chi connectivity index (χ3v) is 6.37. The molecule has 7 nitrogen and oxygen atoms in total. The maximum atomic E-state index is 13.2. The van der Waals surface area contributed by atoms with Crippen LogP contribution in [0, 0.1) is 0 Å². The predicted octanol–water partition coefficient (Wildman–Crippen LogP) is 3.46. The zero-order valence-electron chi connectivity index (χ0n) is 18.5. The molecule has 33 heavy (non-hydrogen) atoms. The largest absolute Gasteiger partial charge is 0.497 e. The number of nitrogens with one attached hydrogen (secondary N) is 1. The summed E-state index contributed by atoms with van der Waals surface area (Å²) in [5.74, 6) is 0.643. The Bertz CT molecular complexity index is 1030. The molecular weight excluding hydrogens is 438 g/mol. The van der Waals surface area contributed by atoms with Crippen LogP contribution in [0.5, 0.6) is 5.75 Å². The fourth-order valence-electron chi connectivity index (χ4n) is 3.62. The van der Waals surface area contributed by atoms with Gasteiger partial charge in [0.05, 0.1) is 25.5 Å². The molecule has 1 N–H and O–H groups in total. The Morgan fingerprint density at radius 2 is 2.03 bits per heavy atom. The van der Waals surface area contributed by atoms with Crippen LogP contribution < -0.4 is 10.1 Å². The van der Waals surface area contributed by atoms with E-state index in [1.54, 1.807) is 18.1 Å². The minimum absolute atomic E-state index is 0.0953. The summed E-state index contributed by atoms with van der Waals surface area (Å²) in [6.07, 6.45) is 3.86. The van der Waals surface area contributed by atoms with Gasteiger partial charge in [0.2, 0.25) is 5.91 Å². The maximum Gasteiger partial charge on any atom is 0.278 e. The number of ether oxygens (including phenoxy) is 2. The number of hydrogen-bond donors (Lipinski definition) is 1. The molecule has 2 aromatic carbocycles. The summed E-state index contributed by atoms with van der Waals surface area (Å²) in [4.78, 5) is 31.7. The first kappa shape index (κ1) is 23.1. The van der Waals surface area contributed by atoms with E-state index in [0.717, 1.165) is 36.3 Å². The van der Waals surface area contributed by atoms with Gasteiger partial charge in [0, 0.05) is 13.2 Å². The summed E-state index contributed by atoms with van der Waals surface area (Å²) in [7, 11) is 1.61. The van der Waals surface area contributed by atoms with E-state index in [9.17, 15) is 9.59 Å². The van der Waals surface area contributed by atoms with Gasteiger partial charge in [-0.1, -0.05) is 54.2 Å². The monoisotopic (exact) mass is 465 g/mol. The molecule has 1 atom stereocenters. The number of carbonyl (C=O) groups is 2. The van der Waals surface area contributed by atoms with Crippen molar-refractivity contribution in [3.63, 3.8) is 0 Å². The molecule has 2 amide bonds. The molecule has 0 spiro atoms. The fourth-order valence-corrected chi connectivity index (χ4v) is 4.45. The number of benzene rings is 2. The molecule has 0 saturated carbocycles. The van der Waals surface area contributed by atoms with Crippen LogP contribution in [0.4, 0.5) is 0 Å². The topological polar surface area (TPSA) is 80.2 Å². The Hall–Kier alpha value is -3.10. The number of nitrogens with zero attached hydrogens (tertiary/aromatic N) is 2. The number of hydrogen-bond acceptors (Lipinski definition) is 6. The zero-order chi connectivity index (χ0) is 23.0. The molecule has 2 aliphatic rings. The van der Waals surface area contributed by atoms with E-state index in [4.69, 9.17) is 9.47 Å². The first-order valence-electron chi connectivity index (χ1n) is 10.9. The molecule has 0 bridgehead atoms. The van der Waals surface area contributed by atoms with Gasteiger partial charge >= 0.3 is 0 Å². The highest BCUT2D eigenvalue weighted by atomic mass is 32.2. The Kier molecular flexibility index (Phi) is 7.80. The van der Waals surface area contributed by atoms with Crippen molar-refractivity contribution in [2.75, 3.05) is 26.0 Å². The van der Waals surface area contributed by atoms with E-state index < -0.39 is 0 Å². The molecule has 1 fully saturated rings. The van der Waals surface area contributed by atoms with Crippen molar-refractivity contribution in [3.8, 4) is 5.75 Å². The lowest BCUT2D eigenvalue weighted by atomic mass is 10.1. The Morgan fingerprint density at radius 1 is 1.24 bits per heavy atom. The van der Waals surface area contributed by atoms with Crippen molar-refractivity contribution in [1.82, 2.24) is 10.2 Å². The van der Waals surface area contributed by atoms with Crippen LogP contribution >= 0.6 is 11.8 Å². The second kappa shape index (κ2) is 11.2. The van der Waals surface area contributed by atoms with E-state index in [2.05, 4.69) is 10.3 Å². The van der Waals surface area contributed by atoms with Crippen LogP contribution in [0.25, 0.3) is 6.08 Å². The van der Waals surface area contributed by atoms with Gasteiger partial charge in [-0.2, -0.15) is 0 Å². The summed E-state index contributed by atoms with van der Waals surface area (Å²) in [5, 5.41) is 3.44. The predicted molar refractivity (Wildman–Crippen MR) is 130 cm³/mol. The molecule has 2 aliphatic heterocycles. The van der Waals surface area contributed by atoms with Crippen molar-refractivity contribution in [3.05, 3.63) is 71.4 Å². The Morgan fingerprint density at radius 3 is 2.73 bits per heavy atom. The lowest BCUT2D eigenvalue weighted by Crippen LogP contribution is -2.34. The Labute approximate surface area is 197 Å². The number of thioether (sulfide) groups is 1. The molecule has 4 rings (SSSR count). The lowest BCUT2D eigenvalue weighted by molar-refractivity contribution is -0.123. The molecular formula is C25H27N3O4S. The van der Waals surface area contributed by atoms with Crippen molar-refractivity contribution < 1.29 is 19.1 Å². The van der Waals surface area contributed by atoms with Crippen LogP contribution in [-0.2, 0) is 20.9 Å². The van der Waals surface area contributed by atoms with Gasteiger partial charge in [-0.25, -0.2) is 4.99 Å². The van der Waals surface area contributed by atoms with Crippen LogP contribution in [0.15, 0.2) is 65.3 Å². The molecule has 1 saturated heterocycles. The third kappa shape index (κ3) is 6.24. The zero-order valence-corrected chi connectivity index (χ0v) is 19.3. The molecule has 2 heterocycles. The molecule has 0 aromatic heterocycles. The van der Waals surface area contributed by atoms with Crippen LogP contribution in [0.3, 0.4) is 0 Å². The smallest absolute Gasteiger partial charge is 0.278 e. The Balaban J connectivity index is 1.46. The van der Waals surface area contributed by atoms with Crippen molar-refractivity contribution in [2.24, 2.45) is 4.99 Å². The number of amides is 2. The summed E-state index contributed by atoms with van der Waals surface area (Å²) in [6, 6.07) is 17.2. The molecule has 172 valence electrons. The molecule has 1 unspecified atom stereocenters. The summed E-state index contributed by atoms with van der Waals surface area (Å²) >= 11 is 1.27. The summed E-state index contributed by atoms with van der Waals surface area (Å²) in [5.41, 5.74) is 2.19. The highest BCUT2D eigenvalue weighted by Crippen LogP contribution is 2.26. The minimum atomic E-state index is -0.183. The van der Waals surface area contributed by atoms with Crippen molar-refractivity contribution >= 4 is 34.8 Å². The molecule has 8 heteroatoms.